The molecule has 0 bridgehead atoms. The average Bonchev–Trinajstić information content (AvgIpc) is 2.45. The molecule has 1 aromatic carbocycles. The van der Waals surface area contributed by atoms with Crippen molar-refractivity contribution in [3.05, 3.63) is 29.8 Å². The molecule has 0 amide bonds. The van der Waals surface area contributed by atoms with Crippen LogP contribution >= 0.6 is 0 Å². The summed E-state index contributed by atoms with van der Waals surface area (Å²) < 4.78 is 31.7. The Balaban J connectivity index is 2.51. The van der Waals surface area contributed by atoms with E-state index in [1.165, 1.54) is 0 Å². The SMILES string of the molecule is COCCCCNS(=O)(=O)c1ccc(CNC(C)C)cc1. The molecule has 1 aromatic rings. The lowest BCUT2D eigenvalue weighted by Gasteiger charge is -2.10. The first-order valence-electron chi connectivity index (χ1n) is 7.26. The van der Waals surface area contributed by atoms with Crippen LogP contribution in [0.15, 0.2) is 29.2 Å². The fraction of sp³-hybridized carbons (Fsp3) is 0.600. The number of sulfonamides is 1. The molecular formula is C15H26N2O3S. The monoisotopic (exact) mass is 314 g/mol. The van der Waals surface area contributed by atoms with Crippen LogP contribution in [0.25, 0.3) is 0 Å². The molecule has 21 heavy (non-hydrogen) atoms. The summed E-state index contributed by atoms with van der Waals surface area (Å²) in [5.41, 5.74) is 1.07. The molecule has 0 unspecified atom stereocenters. The van der Waals surface area contributed by atoms with Crippen LogP contribution < -0.4 is 10.0 Å². The van der Waals surface area contributed by atoms with Gasteiger partial charge < -0.3 is 10.1 Å². The van der Waals surface area contributed by atoms with Gasteiger partial charge in [-0.1, -0.05) is 26.0 Å². The Kier molecular flexibility index (Phi) is 7.88. The first-order chi connectivity index (χ1) is 9.95. The summed E-state index contributed by atoms with van der Waals surface area (Å²) in [4.78, 5) is 0.308. The largest absolute Gasteiger partial charge is 0.385 e. The zero-order chi connectivity index (χ0) is 15.7. The first-order valence-corrected chi connectivity index (χ1v) is 8.75. The summed E-state index contributed by atoms with van der Waals surface area (Å²) >= 11 is 0. The van der Waals surface area contributed by atoms with Crippen molar-refractivity contribution >= 4 is 10.0 Å². The van der Waals surface area contributed by atoms with Crippen LogP contribution in [0.2, 0.25) is 0 Å². The molecule has 120 valence electrons. The molecule has 0 heterocycles. The Bertz CT molecular complexity index is 498. The number of rotatable bonds is 10. The van der Waals surface area contributed by atoms with E-state index in [4.69, 9.17) is 4.74 Å². The van der Waals surface area contributed by atoms with Crippen molar-refractivity contribution in [1.29, 1.82) is 0 Å². The van der Waals surface area contributed by atoms with Gasteiger partial charge in [-0.2, -0.15) is 0 Å². The molecule has 6 heteroatoms. The molecule has 5 nitrogen and oxygen atoms in total. The molecule has 0 aliphatic carbocycles. The standard InChI is InChI=1S/C15H26N2O3S/c1-13(2)16-12-14-6-8-15(9-7-14)21(18,19)17-10-4-5-11-20-3/h6-9,13,16-17H,4-5,10-12H2,1-3H3. The number of hydrogen-bond acceptors (Lipinski definition) is 4. The molecule has 0 spiro atoms. The molecule has 0 fully saturated rings. The molecule has 2 N–H and O–H groups in total. The second-order valence-corrected chi connectivity index (χ2v) is 7.04. The number of ether oxygens (including phenoxy) is 1. The predicted molar refractivity (Wildman–Crippen MR) is 84.7 cm³/mol. The highest BCUT2D eigenvalue weighted by molar-refractivity contribution is 7.89. The van der Waals surface area contributed by atoms with Crippen molar-refractivity contribution in [2.75, 3.05) is 20.3 Å². The maximum Gasteiger partial charge on any atom is 0.240 e. The van der Waals surface area contributed by atoms with Crippen molar-refractivity contribution in [2.45, 2.75) is 44.2 Å². The molecule has 0 saturated carbocycles. The molecule has 0 aliphatic heterocycles. The van der Waals surface area contributed by atoms with Gasteiger partial charge in [0.25, 0.3) is 0 Å². The zero-order valence-electron chi connectivity index (χ0n) is 13.1. The molecule has 0 atom stereocenters. The maximum atomic E-state index is 12.1. The third-order valence-electron chi connectivity index (χ3n) is 3.02. The van der Waals surface area contributed by atoms with E-state index in [0.29, 0.717) is 24.1 Å². The highest BCUT2D eigenvalue weighted by Crippen LogP contribution is 2.10. The van der Waals surface area contributed by atoms with Gasteiger partial charge in [-0.15, -0.1) is 0 Å². The summed E-state index contributed by atoms with van der Waals surface area (Å²) in [6.07, 6.45) is 1.61. The van der Waals surface area contributed by atoms with E-state index < -0.39 is 10.0 Å². The van der Waals surface area contributed by atoms with Gasteiger partial charge in [0.1, 0.15) is 0 Å². The van der Waals surface area contributed by atoms with Gasteiger partial charge in [-0.3, -0.25) is 0 Å². The van der Waals surface area contributed by atoms with Gasteiger partial charge in [0.2, 0.25) is 10.0 Å². The average molecular weight is 314 g/mol. The topological polar surface area (TPSA) is 67.4 Å². The molecule has 1 rings (SSSR count). The Hall–Kier alpha value is -0.950. The van der Waals surface area contributed by atoms with Gasteiger partial charge in [-0.25, -0.2) is 13.1 Å². The molecule has 0 aromatic heterocycles. The van der Waals surface area contributed by atoms with Crippen LogP contribution in [0.5, 0.6) is 0 Å². The smallest absolute Gasteiger partial charge is 0.240 e. The first kappa shape index (κ1) is 18.1. The lowest BCUT2D eigenvalue weighted by atomic mass is 10.2. The molecule has 0 radical (unpaired) electrons. The fourth-order valence-corrected chi connectivity index (χ4v) is 2.84. The van der Waals surface area contributed by atoms with E-state index in [9.17, 15) is 8.42 Å². The molecular weight excluding hydrogens is 288 g/mol. The summed E-state index contributed by atoms with van der Waals surface area (Å²) in [6.45, 7) is 5.97. The fourth-order valence-electron chi connectivity index (χ4n) is 1.77. The maximum absolute atomic E-state index is 12.1. The Morgan fingerprint density at radius 1 is 1.14 bits per heavy atom. The van der Waals surface area contributed by atoms with Crippen LogP contribution in [0.4, 0.5) is 0 Å². The number of nitrogens with one attached hydrogen (secondary N) is 2. The summed E-state index contributed by atoms with van der Waals surface area (Å²) in [5, 5.41) is 3.30. The summed E-state index contributed by atoms with van der Waals surface area (Å²) in [6, 6.07) is 7.38. The quantitative estimate of drug-likeness (QED) is 0.647. The van der Waals surface area contributed by atoms with Crippen LogP contribution in [0.3, 0.4) is 0 Å². The van der Waals surface area contributed by atoms with E-state index in [2.05, 4.69) is 23.9 Å². The van der Waals surface area contributed by atoms with E-state index in [1.807, 2.05) is 12.1 Å². The Morgan fingerprint density at radius 3 is 2.38 bits per heavy atom. The number of hydrogen-bond donors (Lipinski definition) is 2. The van der Waals surface area contributed by atoms with Gasteiger partial charge in [0.15, 0.2) is 0 Å². The Labute approximate surface area is 128 Å². The van der Waals surface area contributed by atoms with Crippen LogP contribution in [0, 0.1) is 0 Å². The normalized spacial score (nSPS) is 12.0. The minimum atomic E-state index is -3.41. The van der Waals surface area contributed by atoms with Gasteiger partial charge in [0, 0.05) is 32.8 Å². The molecule has 0 aliphatic rings. The van der Waals surface area contributed by atoms with Crippen molar-refractivity contribution in [2.24, 2.45) is 0 Å². The van der Waals surface area contributed by atoms with Crippen molar-refractivity contribution in [3.8, 4) is 0 Å². The highest BCUT2D eigenvalue weighted by Gasteiger charge is 2.12. The minimum absolute atomic E-state index is 0.308. The lowest BCUT2D eigenvalue weighted by molar-refractivity contribution is 0.193. The zero-order valence-corrected chi connectivity index (χ0v) is 13.9. The highest BCUT2D eigenvalue weighted by atomic mass is 32.2. The van der Waals surface area contributed by atoms with E-state index in [0.717, 1.165) is 24.9 Å². The van der Waals surface area contributed by atoms with Crippen molar-refractivity contribution < 1.29 is 13.2 Å². The Morgan fingerprint density at radius 2 is 1.81 bits per heavy atom. The second kappa shape index (κ2) is 9.15. The third kappa shape index (κ3) is 7.04. The van der Waals surface area contributed by atoms with E-state index in [1.54, 1.807) is 19.2 Å². The molecule has 0 saturated heterocycles. The lowest BCUT2D eigenvalue weighted by Crippen LogP contribution is -2.25. The second-order valence-electron chi connectivity index (χ2n) is 5.28. The summed E-state index contributed by atoms with van der Waals surface area (Å²) in [5.74, 6) is 0. The van der Waals surface area contributed by atoms with Crippen molar-refractivity contribution in [1.82, 2.24) is 10.0 Å². The predicted octanol–water partition coefficient (Wildman–Crippen LogP) is 1.89. The van der Waals surface area contributed by atoms with E-state index >= 15 is 0 Å². The minimum Gasteiger partial charge on any atom is -0.385 e. The summed E-state index contributed by atoms with van der Waals surface area (Å²) in [7, 11) is -1.77. The van der Waals surface area contributed by atoms with Crippen LogP contribution in [-0.4, -0.2) is 34.7 Å². The van der Waals surface area contributed by atoms with Crippen molar-refractivity contribution in [3.63, 3.8) is 0 Å². The number of unbranched alkanes of at least 4 members (excludes halogenated alkanes) is 1. The van der Waals surface area contributed by atoms with Gasteiger partial charge in [-0.05, 0) is 30.5 Å². The van der Waals surface area contributed by atoms with Gasteiger partial charge in [0.05, 0.1) is 4.90 Å². The van der Waals surface area contributed by atoms with E-state index in [-0.39, 0.29) is 0 Å². The van der Waals surface area contributed by atoms with Gasteiger partial charge >= 0.3 is 0 Å². The third-order valence-corrected chi connectivity index (χ3v) is 4.49. The number of benzene rings is 1. The van der Waals surface area contributed by atoms with Crippen LogP contribution in [-0.2, 0) is 21.3 Å². The van der Waals surface area contributed by atoms with Crippen LogP contribution in [0.1, 0.15) is 32.3 Å². The number of methoxy groups -OCH3 is 1.